The van der Waals surface area contributed by atoms with Gasteiger partial charge in [0, 0.05) is 30.9 Å². The molecule has 150 valence electrons. The number of pyridine rings is 1. The Kier molecular flexibility index (Phi) is 4.47. The summed E-state index contributed by atoms with van der Waals surface area (Å²) in [5.41, 5.74) is 2.96. The van der Waals surface area contributed by atoms with E-state index < -0.39 is 0 Å². The van der Waals surface area contributed by atoms with Gasteiger partial charge < -0.3 is 10.6 Å². The standard InChI is InChI=1S/C22H26N6O/c1-16-23-20-19(8-5-12-28(20)26-16)25-21(29)24-18-9-13-27(22(14-18)10-11-22)15-17-6-3-2-4-7-17/h2-8,12,18H,9-11,13-15H2,1H3,(H2,24,25,29). The molecule has 2 amide bonds. The maximum Gasteiger partial charge on any atom is 0.319 e. The van der Waals surface area contributed by atoms with E-state index in [-0.39, 0.29) is 17.6 Å². The molecule has 1 unspecified atom stereocenters. The van der Waals surface area contributed by atoms with E-state index in [2.05, 4.69) is 55.9 Å². The van der Waals surface area contributed by atoms with Crippen LogP contribution in [-0.2, 0) is 6.54 Å². The van der Waals surface area contributed by atoms with Gasteiger partial charge in [-0.2, -0.15) is 5.10 Å². The molecule has 1 saturated heterocycles. The number of rotatable bonds is 4. The van der Waals surface area contributed by atoms with Crippen LogP contribution in [0.1, 0.15) is 37.1 Å². The van der Waals surface area contributed by atoms with Gasteiger partial charge in [0.2, 0.25) is 0 Å². The number of piperidine rings is 1. The van der Waals surface area contributed by atoms with Gasteiger partial charge in [0.05, 0.1) is 5.69 Å². The molecule has 29 heavy (non-hydrogen) atoms. The number of likely N-dealkylation sites (tertiary alicyclic amines) is 1. The number of fused-ring (bicyclic) bond motifs is 1. The molecule has 3 aromatic rings. The molecule has 2 aliphatic rings. The molecule has 1 atom stereocenters. The summed E-state index contributed by atoms with van der Waals surface area (Å²) in [5.74, 6) is 0.682. The van der Waals surface area contributed by atoms with Gasteiger partial charge in [-0.05, 0) is 50.3 Å². The SMILES string of the molecule is Cc1nc2c(NC(=O)NC3CCN(Cc4ccccc4)C4(CC4)C3)cccn2n1. The molecular formula is C22H26N6O. The molecule has 0 bridgehead atoms. The van der Waals surface area contributed by atoms with Crippen LogP contribution in [0.2, 0.25) is 0 Å². The van der Waals surface area contributed by atoms with Crippen molar-refractivity contribution in [3.63, 3.8) is 0 Å². The summed E-state index contributed by atoms with van der Waals surface area (Å²) in [7, 11) is 0. The van der Waals surface area contributed by atoms with E-state index in [9.17, 15) is 4.79 Å². The summed E-state index contributed by atoms with van der Waals surface area (Å²) in [6.45, 7) is 3.85. The van der Waals surface area contributed by atoms with E-state index in [1.807, 2.05) is 25.3 Å². The molecule has 2 N–H and O–H groups in total. The van der Waals surface area contributed by atoms with E-state index in [4.69, 9.17) is 0 Å². The Morgan fingerprint density at radius 1 is 1.21 bits per heavy atom. The van der Waals surface area contributed by atoms with Gasteiger partial charge in [0.15, 0.2) is 5.65 Å². The molecule has 1 aliphatic heterocycles. The molecule has 5 rings (SSSR count). The highest BCUT2D eigenvalue weighted by Gasteiger charge is 2.51. The highest BCUT2D eigenvalue weighted by Crippen LogP contribution is 2.48. The number of nitrogens with zero attached hydrogens (tertiary/aromatic N) is 4. The molecule has 2 fully saturated rings. The third-order valence-electron chi connectivity index (χ3n) is 6.14. The minimum Gasteiger partial charge on any atom is -0.335 e. The monoisotopic (exact) mass is 390 g/mol. The maximum atomic E-state index is 12.6. The third-order valence-corrected chi connectivity index (χ3v) is 6.14. The Morgan fingerprint density at radius 2 is 2.03 bits per heavy atom. The second-order valence-corrected chi connectivity index (χ2v) is 8.27. The molecule has 7 heteroatoms. The molecule has 0 radical (unpaired) electrons. The Bertz CT molecular complexity index is 1030. The maximum absolute atomic E-state index is 12.6. The Balaban J connectivity index is 1.21. The number of urea groups is 1. The minimum absolute atomic E-state index is 0.170. The number of aromatic nitrogens is 3. The number of hydrogen-bond donors (Lipinski definition) is 2. The summed E-state index contributed by atoms with van der Waals surface area (Å²) in [4.78, 5) is 19.6. The van der Waals surface area contributed by atoms with Crippen LogP contribution in [0.25, 0.3) is 5.65 Å². The summed E-state index contributed by atoms with van der Waals surface area (Å²) >= 11 is 0. The lowest BCUT2D eigenvalue weighted by atomic mass is 9.94. The number of anilines is 1. The molecular weight excluding hydrogens is 364 g/mol. The van der Waals surface area contributed by atoms with Crippen LogP contribution in [0.3, 0.4) is 0 Å². The Hall–Kier alpha value is -2.93. The van der Waals surface area contributed by atoms with E-state index in [0.717, 1.165) is 25.9 Å². The van der Waals surface area contributed by atoms with Gasteiger partial charge in [-0.25, -0.2) is 14.3 Å². The zero-order valence-corrected chi connectivity index (χ0v) is 16.6. The van der Waals surface area contributed by atoms with Gasteiger partial charge in [0.25, 0.3) is 0 Å². The number of benzene rings is 1. The van der Waals surface area contributed by atoms with Crippen LogP contribution >= 0.6 is 0 Å². The number of carbonyl (C=O) groups is 1. The number of amides is 2. The Morgan fingerprint density at radius 3 is 2.83 bits per heavy atom. The van der Waals surface area contributed by atoms with E-state index in [0.29, 0.717) is 17.2 Å². The van der Waals surface area contributed by atoms with Gasteiger partial charge in [0.1, 0.15) is 5.82 Å². The quantitative estimate of drug-likeness (QED) is 0.716. The number of nitrogens with one attached hydrogen (secondary N) is 2. The molecule has 1 saturated carbocycles. The summed E-state index contributed by atoms with van der Waals surface area (Å²) in [6.07, 6.45) is 6.26. The van der Waals surface area contributed by atoms with E-state index >= 15 is 0 Å². The van der Waals surface area contributed by atoms with Crippen molar-refractivity contribution in [2.45, 2.75) is 50.7 Å². The lowest BCUT2D eigenvalue weighted by Crippen LogP contribution is -2.51. The van der Waals surface area contributed by atoms with Crippen molar-refractivity contribution >= 4 is 17.4 Å². The molecule has 7 nitrogen and oxygen atoms in total. The zero-order chi connectivity index (χ0) is 19.8. The van der Waals surface area contributed by atoms with Gasteiger partial charge in [-0.15, -0.1) is 0 Å². The number of carbonyl (C=O) groups excluding carboxylic acids is 1. The largest absolute Gasteiger partial charge is 0.335 e. The highest BCUT2D eigenvalue weighted by molar-refractivity contribution is 5.93. The zero-order valence-electron chi connectivity index (χ0n) is 16.6. The molecule has 1 aromatic carbocycles. The first kappa shape index (κ1) is 18.1. The fraction of sp³-hybridized carbons (Fsp3) is 0.409. The fourth-order valence-electron chi connectivity index (χ4n) is 4.53. The van der Waals surface area contributed by atoms with Crippen molar-refractivity contribution in [2.75, 3.05) is 11.9 Å². The second kappa shape index (κ2) is 7.15. The fourth-order valence-corrected chi connectivity index (χ4v) is 4.53. The highest BCUT2D eigenvalue weighted by atomic mass is 16.2. The van der Waals surface area contributed by atoms with Crippen LogP contribution in [0.5, 0.6) is 0 Å². The molecule has 1 aliphatic carbocycles. The van der Waals surface area contributed by atoms with Crippen LogP contribution < -0.4 is 10.6 Å². The van der Waals surface area contributed by atoms with E-state index in [1.165, 1.54) is 18.4 Å². The average Bonchev–Trinajstić information content (AvgIpc) is 3.36. The van der Waals surface area contributed by atoms with Crippen molar-refractivity contribution in [1.29, 1.82) is 0 Å². The van der Waals surface area contributed by atoms with Crippen LogP contribution in [-0.4, -0.2) is 43.7 Å². The third kappa shape index (κ3) is 3.70. The van der Waals surface area contributed by atoms with Crippen molar-refractivity contribution in [1.82, 2.24) is 24.8 Å². The average molecular weight is 390 g/mol. The lowest BCUT2D eigenvalue weighted by molar-refractivity contribution is 0.102. The van der Waals surface area contributed by atoms with E-state index in [1.54, 1.807) is 4.52 Å². The number of hydrogen-bond acceptors (Lipinski definition) is 4. The predicted octanol–water partition coefficient (Wildman–Crippen LogP) is 3.36. The van der Waals surface area contributed by atoms with Crippen molar-refractivity contribution in [3.8, 4) is 0 Å². The summed E-state index contributed by atoms with van der Waals surface area (Å²) < 4.78 is 1.69. The second-order valence-electron chi connectivity index (χ2n) is 8.27. The van der Waals surface area contributed by atoms with Gasteiger partial charge in [-0.1, -0.05) is 30.3 Å². The topological polar surface area (TPSA) is 74.6 Å². The minimum atomic E-state index is -0.170. The molecule has 1 spiro atoms. The summed E-state index contributed by atoms with van der Waals surface area (Å²) in [6, 6.07) is 14.4. The Labute approximate surface area is 170 Å². The van der Waals surface area contributed by atoms with Crippen molar-refractivity contribution < 1.29 is 4.79 Å². The normalized spacial score (nSPS) is 20.7. The summed E-state index contributed by atoms with van der Waals surface area (Å²) in [5, 5.41) is 10.4. The van der Waals surface area contributed by atoms with Gasteiger partial charge >= 0.3 is 6.03 Å². The van der Waals surface area contributed by atoms with Crippen molar-refractivity contribution in [2.24, 2.45) is 0 Å². The molecule has 2 aromatic heterocycles. The molecule has 3 heterocycles. The first-order chi connectivity index (χ1) is 14.1. The van der Waals surface area contributed by atoms with Crippen LogP contribution in [0.4, 0.5) is 10.5 Å². The number of aryl methyl sites for hydroxylation is 1. The van der Waals surface area contributed by atoms with Crippen LogP contribution in [0.15, 0.2) is 48.7 Å². The van der Waals surface area contributed by atoms with Gasteiger partial charge in [-0.3, -0.25) is 4.90 Å². The first-order valence-corrected chi connectivity index (χ1v) is 10.3. The smallest absolute Gasteiger partial charge is 0.319 e. The predicted molar refractivity (Wildman–Crippen MR) is 112 cm³/mol. The first-order valence-electron chi connectivity index (χ1n) is 10.3. The van der Waals surface area contributed by atoms with Crippen molar-refractivity contribution in [3.05, 3.63) is 60.0 Å². The lowest BCUT2D eigenvalue weighted by Gasteiger charge is -2.40. The van der Waals surface area contributed by atoms with Crippen LogP contribution in [0, 0.1) is 6.92 Å².